The van der Waals surface area contributed by atoms with E-state index in [0.717, 1.165) is 17.7 Å². The van der Waals surface area contributed by atoms with Gasteiger partial charge in [-0.1, -0.05) is 30.3 Å². The summed E-state index contributed by atoms with van der Waals surface area (Å²) in [5.74, 6) is -2.32. The minimum absolute atomic E-state index is 0.167. The van der Waals surface area contributed by atoms with Crippen molar-refractivity contribution >= 4 is 5.91 Å². The molecular weight excluding hydrogens is 368 g/mol. The molecule has 1 aromatic heterocycles. The van der Waals surface area contributed by atoms with Crippen molar-refractivity contribution in [3.05, 3.63) is 82.9 Å². The monoisotopic (exact) mass is 385 g/mol. The molecule has 0 fully saturated rings. The Balaban J connectivity index is 1.49. The third-order valence-electron chi connectivity index (χ3n) is 3.88. The predicted octanol–water partition coefficient (Wildman–Crippen LogP) is 2.38. The van der Waals surface area contributed by atoms with E-state index in [1.807, 2.05) is 30.3 Å². The molecule has 1 heterocycles. The van der Waals surface area contributed by atoms with Crippen molar-refractivity contribution < 1.29 is 18.3 Å². The Hall–Kier alpha value is -3.55. The number of halogens is 2. The summed E-state index contributed by atoms with van der Waals surface area (Å²) in [6.45, 7) is -0.0411. The van der Waals surface area contributed by atoms with Gasteiger partial charge in [-0.3, -0.25) is 14.2 Å². The van der Waals surface area contributed by atoms with Gasteiger partial charge in [0.1, 0.15) is 5.82 Å². The minimum atomic E-state index is -0.885. The smallest absolute Gasteiger partial charge is 0.258 e. The van der Waals surface area contributed by atoms with Crippen LogP contribution in [0.2, 0.25) is 0 Å². The highest BCUT2D eigenvalue weighted by Gasteiger charge is 2.08. The van der Waals surface area contributed by atoms with Crippen LogP contribution in [0.15, 0.2) is 65.7 Å². The molecule has 0 aliphatic heterocycles. The summed E-state index contributed by atoms with van der Waals surface area (Å²) in [7, 11) is 0. The van der Waals surface area contributed by atoms with Crippen LogP contribution >= 0.6 is 0 Å². The van der Waals surface area contributed by atoms with Crippen LogP contribution < -0.4 is 15.6 Å². The van der Waals surface area contributed by atoms with E-state index in [4.69, 9.17) is 4.74 Å². The molecule has 0 aliphatic rings. The standard InChI is InChI=1S/C20H17F2N3O3/c21-15-6-7-18(16(22)10-15)28-12-19(26)23-8-9-25-13-24-17(11-20(25)27)14-4-2-1-3-5-14/h1-7,10-11,13H,8-9,12H2,(H,23,26). The zero-order chi connectivity index (χ0) is 19.9. The number of aromatic nitrogens is 2. The molecule has 0 aliphatic carbocycles. The fourth-order valence-electron chi connectivity index (χ4n) is 2.46. The first kappa shape index (κ1) is 19.2. The first-order chi connectivity index (χ1) is 13.5. The first-order valence-corrected chi connectivity index (χ1v) is 8.49. The van der Waals surface area contributed by atoms with E-state index in [0.29, 0.717) is 11.8 Å². The van der Waals surface area contributed by atoms with Crippen LogP contribution in [-0.4, -0.2) is 28.6 Å². The zero-order valence-electron chi connectivity index (χ0n) is 14.8. The van der Waals surface area contributed by atoms with Crippen LogP contribution in [0.4, 0.5) is 8.78 Å². The van der Waals surface area contributed by atoms with Gasteiger partial charge in [0.05, 0.1) is 12.0 Å². The lowest BCUT2D eigenvalue weighted by atomic mass is 10.1. The number of benzene rings is 2. The van der Waals surface area contributed by atoms with Gasteiger partial charge in [-0.25, -0.2) is 13.8 Å². The fourth-order valence-corrected chi connectivity index (χ4v) is 2.46. The SMILES string of the molecule is O=C(COc1ccc(F)cc1F)NCCn1cnc(-c2ccccc2)cc1=O. The van der Waals surface area contributed by atoms with Gasteiger partial charge >= 0.3 is 0 Å². The Kier molecular flexibility index (Phi) is 6.11. The van der Waals surface area contributed by atoms with Gasteiger partial charge in [0.15, 0.2) is 18.2 Å². The zero-order valence-corrected chi connectivity index (χ0v) is 14.8. The molecule has 1 amide bonds. The largest absolute Gasteiger partial charge is 0.481 e. The second-order valence-electron chi connectivity index (χ2n) is 5.89. The lowest BCUT2D eigenvalue weighted by Crippen LogP contribution is -2.33. The number of nitrogens with zero attached hydrogens (tertiary/aromatic N) is 2. The average molecular weight is 385 g/mol. The third kappa shape index (κ3) is 5.00. The molecule has 144 valence electrons. The molecule has 0 radical (unpaired) electrons. The maximum absolute atomic E-state index is 13.4. The van der Waals surface area contributed by atoms with Gasteiger partial charge in [-0.15, -0.1) is 0 Å². The molecule has 0 unspecified atom stereocenters. The van der Waals surface area contributed by atoms with E-state index in [1.54, 1.807) is 0 Å². The van der Waals surface area contributed by atoms with Crippen molar-refractivity contribution in [1.29, 1.82) is 0 Å². The maximum Gasteiger partial charge on any atom is 0.258 e. The average Bonchev–Trinajstić information content (AvgIpc) is 2.69. The summed E-state index contributed by atoms with van der Waals surface area (Å²) in [6, 6.07) is 13.6. The quantitative estimate of drug-likeness (QED) is 0.678. The van der Waals surface area contributed by atoms with Gasteiger partial charge in [-0.05, 0) is 12.1 Å². The number of ether oxygens (including phenoxy) is 1. The Labute approximate surface area is 159 Å². The van der Waals surface area contributed by atoms with Crippen LogP contribution in [-0.2, 0) is 11.3 Å². The van der Waals surface area contributed by atoms with Crippen molar-refractivity contribution in [2.24, 2.45) is 0 Å². The van der Waals surface area contributed by atoms with E-state index in [2.05, 4.69) is 10.3 Å². The molecule has 28 heavy (non-hydrogen) atoms. The summed E-state index contributed by atoms with van der Waals surface area (Å²) >= 11 is 0. The molecule has 3 aromatic rings. The third-order valence-corrected chi connectivity index (χ3v) is 3.88. The van der Waals surface area contributed by atoms with Crippen molar-refractivity contribution in [1.82, 2.24) is 14.9 Å². The molecule has 0 spiro atoms. The number of amides is 1. The van der Waals surface area contributed by atoms with Crippen LogP contribution in [0.25, 0.3) is 11.3 Å². The van der Waals surface area contributed by atoms with E-state index >= 15 is 0 Å². The molecule has 0 saturated carbocycles. The predicted molar refractivity (Wildman–Crippen MR) is 98.8 cm³/mol. The Morgan fingerprint density at radius 1 is 1.11 bits per heavy atom. The highest BCUT2D eigenvalue weighted by atomic mass is 19.1. The molecule has 1 N–H and O–H groups in total. The van der Waals surface area contributed by atoms with Gasteiger partial charge in [0.2, 0.25) is 0 Å². The molecule has 0 atom stereocenters. The summed E-state index contributed by atoms with van der Waals surface area (Å²) in [6.07, 6.45) is 1.42. The molecule has 6 nitrogen and oxygen atoms in total. The number of hydrogen-bond donors (Lipinski definition) is 1. The summed E-state index contributed by atoms with van der Waals surface area (Å²) in [4.78, 5) is 28.2. The molecule has 2 aromatic carbocycles. The van der Waals surface area contributed by atoms with Gasteiger partial charge < -0.3 is 10.1 Å². The summed E-state index contributed by atoms with van der Waals surface area (Å²) in [5, 5.41) is 2.56. The van der Waals surface area contributed by atoms with Crippen LogP contribution in [0.1, 0.15) is 0 Å². The topological polar surface area (TPSA) is 73.2 Å². The number of nitrogens with one attached hydrogen (secondary N) is 1. The minimum Gasteiger partial charge on any atom is -0.481 e. The Morgan fingerprint density at radius 3 is 2.61 bits per heavy atom. The summed E-state index contributed by atoms with van der Waals surface area (Å²) in [5.41, 5.74) is 1.17. The van der Waals surface area contributed by atoms with Gasteiger partial charge in [-0.2, -0.15) is 0 Å². The number of hydrogen-bond acceptors (Lipinski definition) is 4. The van der Waals surface area contributed by atoms with Crippen LogP contribution in [0.3, 0.4) is 0 Å². The second-order valence-corrected chi connectivity index (χ2v) is 5.89. The maximum atomic E-state index is 13.4. The lowest BCUT2D eigenvalue weighted by molar-refractivity contribution is -0.123. The second kappa shape index (κ2) is 8.90. The van der Waals surface area contributed by atoms with E-state index in [-0.39, 0.29) is 24.4 Å². The molecule has 8 heteroatoms. The van der Waals surface area contributed by atoms with Crippen molar-refractivity contribution in [2.75, 3.05) is 13.2 Å². The van der Waals surface area contributed by atoms with Gasteiger partial charge in [0.25, 0.3) is 11.5 Å². The van der Waals surface area contributed by atoms with Crippen molar-refractivity contribution in [3.8, 4) is 17.0 Å². The molecule has 0 saturated heterocycles. The van der Waals surface area contributed by atoms with E-state index < -0.39 is 24.1 Å². The highest BCUT2D eigenvalue weighted by molar-refractivity contribution is 5.77. The Morgan fingerprint density at radius 2 is 1.89 bits per heavy atom. The number of carbonyl (C=O) groups excluding carboxylic acids is 1. The van der Waals surface area contributed by atoms with Crippen LogP contribution in [0, 0.1) is 11.6 Å². The normalized spacial score (nSPS) is 10.5. The van der Waals surface area contributed by atoms with Crippen molar-refractivity contribution in [3.63, 3.8) is 0 Å². The lowest BCUT2D eigenvalue weighted by Gasteiger charge is -2.09. The molecule has 0 bridgehead atoms. The number of carbonyl (C=O) groups is 1. The summed E-state index contributed by atoms with van der Waals surface area (Å²) < 4.78 is 32.6. The molecular formula is C20H17F2N3O3. The highest BCUT2D eigenvalue weighted by Crippen LogP contribution is 2.17. The van der Waals surface area contributed by atoms with Crippen LogP contribution in [0.5, 0.6) is 5.75 Å². The van der Waals surface area contributed by atoms with E-state index in [9.17, 15) is 18.4 Å². The van der Waals surface area contributed by atoms with Crippen molar-refractivity contribution in [2.45, 2.75) is 6.54 Å². The number of rotatable bonds is 7. The van der Waals surface area contributed by atoms with Gasteiger partial charge in [0, 0.05) is 30.8 Å². The fraction of sp³-hybridized carbons (Fsp3) is 0.150. The first-order valence-electron chi connectivity index (χ1n) is 8.49. The van der Waals surface area contributed by atoms with E-state index in [1.165, 1.54) is 17.0 Å². The molecule has 3 rings (SSSR count). The Bertz CT molecular complexity index is 1020.